The maximum absolute atomic E-state index is 11.9. The zero-order chi connectivity index (χ0) is 19.5. The molecule has 0 saturated heterocycles. The first-order valence-electron chi connectivity index (χ1n) is 7.74. The number of esters is 2. The highest BCUT2D eigenvalue weighted by Crippen LogP contribution is 2.32. The summed E-state index contributed by atoms with van der Waals surface area (Å²) in [6.45, 7) is 0. The molecule has 1 fully saturated rings. The van der Waals surface area contributed by atoms with Gasteiger partial charge in [0.25, 0.3) is 0 Å². The number of benzene rings is 1. The van der Waals surface area contributed by atoms with Crippen molar-refractivity contribution in [2.24, 2.45) is 0 Å². The molecule has 0 radical (unpaired) electrons. The number of phenolic OH excluding ortho intramolecular Hbond substituents is 2. The van der Waals surface area contributed by atoms with E-state index in [2.05, 4.69) is 4.74 Å². The third-order valence-corrected chi connectivity index (χ3v) is 4.11. The molecule has 0 aromatic heterocycles. The van der Waals surface area contributed by atoms with Gasteiger partial charge in [-0.1, -0.05) is 6.07 Å². The quantitative estimate of drug-likeness (QED) is 0.267. The number of phenols is 2. The number of carbonyl (C=O) groups excluding carboxylic acids is 2. The molecule has 1 aliphatic carbocycles. The molecule has 142 valence electrons. The summed E-state index contributed by atoms with van der Waals surface area (Å²) >= 11 is 0. The molecule has 9 nitrogen and oxygen atoms in total. The number of ether oxygens (including phenoxy) is 2. The van der Waals surface area contributed by atoms with Crippen molar-refractivity contribution in [2.75, 3.05) is 7.11 Å². The zero-order valence-corrected chi connectivity index (χ0v) is 13.9. The van der Waals surface area contributed by atoms with Gasteiger partial charge in [-0.05, 0) is 23.8 Å². The second kappa shape index (κ2) is 7.73. The van der Waals surface area contributed by atoms with Crippen molar-refractivity contribution in [1.82, 2.24) is 0 Å². The molecular weight excluding hydrogens is 348 g/mol. The van der Waals surface area contributed by atoms with Crippen LogP contribution in [0.15, 0.2) is 24.3 Å². The van der Waals surface area contributed by atoms with E-state index >= 15 is 0 Å². The molecule has 26 heavy (non-hydrogen) atoms. The fraction of sp³-hybridized carbons (Fsp3) is 0.412. The van der Waals surface area contributed by atoms with Crippen LogP contribution in [-0.4, -0.2) is 68.5 Å². The Kier molecular flexibility index (Phi) is 5.86. The lowest BCUT2D eigenvalue weighted by Crippen LogP contribution is -2.57. The molecule has 2 rings (SSSR count). The Morgan fingerprint density at radius 2 is 1.88 bits per heavy atom. The lowest BCUT2D eigenvalue weighted by atomic mass is 9.79. The van der Waals surface area contributed by atoms with Gasteiger partial charge in [0.2, 0.25) is 0 Å². The average molecular weight is 368 g/mol. The van der Waals surface area contributed by atoms with E-state index in [-0.39, 0.29) is 11.5 Å². The highest BCUT2D eigenvalue weighted by atomic mass is 16.6. The minimum Gasteiger partial charge on any atom is -0.504 e. The van der Waals surface area contributed by atoms with E-state index in [1.54, 1.807) is 0 Å². The smallest absolute Gasteiger partial charge is 0.338 e. The normalized spacial score (nSPS) is 28.7. The van der Waals surface area contributed by atoms with Gasteiger partial charge in [-0.3, -0.25) is 0 Å². The van der Waals surface area contributed by atoms with Gasteiger partial charge in [-0.15, -0.1) is 0 Å². The van der Waals surface area contributed by atoms with E-state index in [4.69, 9.17) is 4.74 Å². The molecule has 0 aliphatic heterocycles. The maximum atomic E-state index is 11.9. The van der Waals surface area contributed by atoms with Gasteiger partial charge in [0.05, 0.1) is 13.2 Å². The molecule has 0 amide bonds. The first-order chi connectivity index (χ1) is 12.2. The summed E-state index contributed by atoms with van der Waals surface area (Å²) in [5.74, 6) is -2.58. The van der Waals surface area contributed by atoms with E-state index in [9.17, 15) is 35.1 Å². The van der Waals surface area contributed by atoms with Gasteiger partial charge in [0.1, 0.15) is 12.2 Å². The second-order valence-electron chi connectivity index (χ2n) is 6.05. The highest BCUT2D eigenvalue weighted by molar-refractivity contribution is 5.87. The molecule has 9 heteroatoms. The Balaban J connectivity index is 2.07. The van der Waals surface area contributed by atoms with Gasteiger partial charge in [-0.25, -0.2) is 9.59 Å². The summed E-state index contributed by atoms with van der Waals surface area (Å²) in [4.78, 5) is 23.6. The number of rotatable bonds is 4. The maximum Gasteiger partial charge on any atom is 0.338 e. The Labute approximate surface area is 148 Å². The van der Waals surface area contributed by atoms with Crippen molar-refractivity contribution < 1.29 is 44.6 Å². The van der Waals surface area contributed by atoms with Crippen LogP contribution in [0.2, 0.25) is 0 Å². The number of aliphatic hydroxyl groups excluding tert-OH is 2. The van der Waals surface area contributed by atoms with Crippen LogP contribution in [0, 0.1) is 0 Å². The van der Waals surface area contributed by atoms with E-state index in [1.165, 1.54) is 24.3 Å². The Bertz CT molecular complexity index is 714. The first-order valence-corrected chi connectivity index (χ1v) is 7.74. The van der Waals surface area contributed by atoms with Gasteiger partial charge >= 0.3 is 11.9 Å². The Hall–Kier alpha value is -2.62. The molecule has 1 aliphatic rings. The fourth-order valence-electron chi connectivity index (χ4n) is 2.72. The van der Waals surface area contributed by atoms with Crippen LogP contribution in [0.3, 0.4) is 0 Å². The summed E-state index contributed by atoms with van der Waals surface area (Å²) in [6.07, 6.45) is -2.88. The van der Waals surface area contributed by atoms with Crippen LogP contribution in [0.4, 0.5) is 0 Å². The molecule has 4 atom stereocenters. The molecule has 1 aromatic carbocycles. The molecule has 5 N–H and O–H groups in total. The Morgan fingerprint density at radius 1 is 1.19 bits per heavy atom. The largest absolute Gasteiger partial charge is 0.504 e. The topological polar surface area (TPSA) is 154 Å². The van der Waals surface area contributed by atoms with Crippen LogP contribution in [-0.2, 0) is 19.1 Å². The van der Waals surface area contributed by atoms with Crippen molar-refractivity contribution in [3.05, 3.63) is 29.8 Å². The van der Waals surface area contributed by atoms with Gasteiger partial charge in [-0.2, -0.15) is 0 Å². The van der Waals surface area contributed by atoms with E-state index in [0.717, 1.165) is 13.2 Å². The monoisotopic (exact) mass is 368 g/mol. The van der Waals surface area contributed by atoms with E-state index < -0.39 is 48.7 Å². The van der Waals surface area contributed by atoms with Crippen LogP contribution < -0.4 is 0 Å². The van der Waals surface area contributed by atoms with Crippen LogP contribution >= 0.6 is 0 Å². The lowest BCUT2D eigenvalue weighted by Gasteiger charge is -2.39. The third-order valence-electron chi connectivity index (χ3n) is 4.11. The van der Waals surface area contributed by atoms with Crippen molar-refractivity contribution in [3.8, 4) is 11.5 Å². The molecule has 0 bridgehead atoms. The fourth-order valence-corrected chi connectivity index (χ4v) is 2.72. The summed E-state index contributed by atoms with van der Waals surface area (Å²) < 4.78 is 9.50. The summed E-state index contributed by atoms with van der Waals surface area (Å²) in [7, 11) is 1.06. The van der Waals surface area contributed by atoms with Crippen molar-refractivity contribution in [1.29, 1.82) is 0 Å². The predicted octanol–water partition coefficient (Wildman–Crippen LogP) is -0.558. The molecule has 0 spiro atoms. The minimum absolute atomic E-state index is 0.314. The number of carbonyl (C=O) groups is 2. The van der Waals surface area contributed by atoms with E-state index in [0.29, 0.717) is 5.56 Å². The van der Waals surface area contributed by atoms with Gasteiger partial charge < -0.3 is 35.0 Å². The second-order valence-corrected chi connectivity index (χ2v) is 6.05. The summed E-state index contributed by atoms with van der Waals surface area (Å²) in [5, 5.41) is 48.7. The molecular formula is C17H20O9. The number of hydrogen-bond donors (Lipinski definition) is 5. The number of aromatic hydroxyl groups is 2. The average Bonchev–Trinajstić information content (AvgIpc) is 2.59. The molecule has 1 saturated carbocycles. The third kappa shape index (κ3) is 4.31. The number of methoxy groups -OCH3 is 1. The van der Waals surface area contributed by atoms with Crippen LogP contribution in [0.25, 0.3) is 6.08 Å². The van der Waals surface area contributed by atoms with Gasteiger partial charge in [0.15, 0.2) is 17.1 Å². The van der Waals surface area contributed by atoms with Crippen LogP contribution in [0.1, 0.15) is 18.4 Å². The lowest BCUT2D eigenvalue weighted by molar-refractivity contribution is -0.198. The SMILES string of the molecule is COC(=O)[C@]1(O)C[C@@H](O)[C@@H](O)[C@H](OC(=O)/C=C/c2ccc(O)c(O)c2)C1. The number of aliphatic hydroxyl groups is 3. The van der Waals surface area contributed by atoms with Crippen molar-refractivity contribution in [3.63, 3.8) is 0 Å². The molecule has 0 unspecified atom stereocenters. The molecule has 1 aromatic rings. The minimum atomic E-state index is -2.08. The number of hydrogen-bond acceptors (Lipinski definition) is 9. The summed E-state index contributed by atoms with van der Waals surface area (Å²) in [5.41, 5.74) is -1.68. The van der Waals surface area contributed by atoms with Crippen LogP contribution in [0.5, 0.6) is 11.5 Å². The molecule has 0 heterocycles. The first kappa shape index (κ1) is 19.7. The van der Waals surface area contributed by atoms with E-state index in [1.807, 2.05) is 0 Å². The standard InChI is InChI=1S/C17H20O9/c1-25-16(23)17(24)7-12(20)15(22)13(8-17)26-14(21)5-3-9-2-4-10(18)11(19)6-9/h2-6,12-13,15,18-20,22,24H,7-8H2,1H3/b5-3+/t12-,13-,15-,17+/m1/s1. The summed E-state index contributed by atoms with van der Waals surface area (Å²) in [6, 6.07) is 3.89. The Morgan fingerprint density at radius 3 is 2.50 bits per heavy atom. The highest BCUT2D eigenvalue weighted by Gasteiger charge is 2.50. The van der Waals surface area contributed by atoms with Crippen molar-refractivity contribution in [2.45, 2.75) is 36.8 Å². The predicted molar refractivity (Wildman–Crippen MR) is 86.9 cm³/mol. The zero-order valence-electron chi connectivity index (χ0n) is 13.9. The van der Waals surface area contributed by atoms with Crippen molar-refractivity contribution >= 4 is 18.0 Å². The van der Waals surface area contributed by atoms with Gasteiger partial charge in [0, 0.05) is 18.9 Å².